The highest BCUT2D eigenvalue weighted by atomic mass is 19.1. The molecule has 0 saturated carbocycles. The van der Waals surface area contributed by atoms with Gasteiger partial charge in [-0.2, -0.15) is 4.39 Å². The van der Waals surface area contributed by atoms with Gasteiger partial charge in [0.2, 0.25) is 5.83 Å². The topological polar surface area (TPSA) is 80.4 Å². The maximum absolute atomic E-state index is 12.6. The fourth-order valence-corrected chi connectivity index (χ4v) is 0.936. The van der Waals surface area contributed by atoms with Crippen LogP contribution in [0, 0.1) is 10.1 Å². The van der Waals surface area contributed by atoms with Gasteiger partial charge < -0.3 is 5.11 Å². The molecular weight excluding hydrogens is 205 g/mol. The molecule has 6 heteroatoms. The number of carboxylic acids is 1. The second-order valence-electron chi connectivity index (χ2n) is 2.65. The first-order valence-corrected chi connectivity index (χ1v) is 3.85. The van der Waals surface area contributed by atoms with E-state index in [1.54, 1.807) is 0 Å². The van der Waals surface area contributed by atoms with Crippen LogP contribution >= 0.6 is 0 Å². The second kappa shape index (κ2) is 4.32. The monoisotopic (exact) mass is 211 g/mol. The Morgan fingerprint density at radius 2 is 2.20 bits per heavy atom. The minimum Gasteiger partial charge on any atom is -0.476 e. The van der Waals surface area contributed by atoms with Crippen LogP contribution in [0.5, 0.6) is 0 Å². The van der Waals surface area contributed by atoms with Crippen LogP contribution < -0.4 is 0 Å². The minimum absolute atomic E-state index is 0.129. The van der Waals surface area contributed by atoms with E-state index < -0.39 is 16.7 Å². The summed E-state index contributed by atoms with van der Waals surface area (Å²) in [5.74, 6) is -3.07. The van der Waals surface area contributed by atoms with E-state index >= 15 is 0 Å². The maximum atomic E-state index is 12.6. The Morgan fingerprint density at radius 3 is 2.73 bits per heavy atom. The van der Waals surface area contributed by atoms with Crippen LogP contribution in [0.4, 0.5) is 10.1 Å². The Hall–Kier alpha value is -2.24. The summed E-state index contributed by atoms with van der Waals surface area (Å²) < 4.78 is 12.6. The fraction of sp³-hybridized carbons (Fsp3) is 0. The molecular formula is C9H6FNO4. The number of rotatable bonds is 3. The molecule has 0 aliphatic rings. The summed E-state index contributed by atoms with van der Waals surface area (Å²) >= 11 is 0. The van der Waals surface area contributed by atoms with E-state index in [1.165, 1.54) is 18.2 Å². The van der Waals surface area contributed by atoms with Gasteiger partial charge >= 0.3 is 5.97 Å². The van der Waals surface area contributed by atoms with Crippen LogP contribution in [0.15, 0.2) is 30.1 Å². The van der Waals surface area contributed by atoms with Crippen molar-refractivity contribution in [2.45, 2.75) is 0 Å². The summed E-state index contributed by atoms with van der Waals surface area (Å²) in [4.78, 5) is 19.9. The van der Waals surface area contributed by atoms with Gasteiger partial charge in [0.25, 0.3) is 5.69 Å². The number of carboxylic acid groups (broad SMARTS) is 1. The van der Waals surface area contributed by atoms with E-state index in [-0.39, 0.29) is 11.3 Å². The predicted molar refractivity (Wildman–Crippen MR) is 49.8 cm³/mol. The highest BCUT2D eigenvalue weighted by Crippen LogP contribution is 2.15. The third-order valence-electron chi connectivity index (χ3n) is 1.58. The van der Waals surface area contributed by atoms with Crippen LogP contribution in [-0.4, -0.2) is 16.0 Å². The lowest BCUT2D eigenvalue weighted by atomic mass is 10.2. The molecule has 0 aliphatic heterocycles. The summed E-state index contributed by atoms with van der Waals surface area (Å²) in [5, 5.41) is 18.6. The molecule has 0 spiro atoms. The zero-order valence-corrected chi connectivity index (χ0v) is 7.38. The lowest BCUT2D eigenvalue weighted by Gasteiger charge is -1.94. The van der Waals surface area contributed by atoms with Crippen LogP contribution in [0.2, 0.25) is 0 Å². The predicted octanol–water partition coefficient (Wildman–Crippen LogP) is 1.99. The number of hydrogen-bond acceptors (Lipinski definition) is 3. The van der Waals surface area contributed by atoms with Gasteiger partial charge in [-0.1, -0.05) is 12.1 Å². The van der Waals surface area contributed by atoms with Crippen molar-refractivity contribution in [1.29, 1.82) is 0 Å². The van der Waals surface area contributed by atoms with E-state index in [0.29, 0.717) is 0 Å². The molecule has 0 aromatic heterocycles. The van der Waals surface area contributed by atoms with Crippen molar-refractivity contribution < 1.29 is 19.2 Å². The molecule has 0 saturated heterocycles. The lowest BCUT2D eigenvalue weighted by molar-refractivity contribution is -0.384. The highest BCUT2D eigenvalue weighted by Gasteiger charge is 2.08. The van der Waals surface area contributed by atoms with Crippen molar-refractivity contribution in [3.05, 3.63) is 45.8 Å². The van der Waals surface area contributed by atoms with E-state index in [1.807, 2.05) is 0 Å². The van der Waals surface area contributed by atoms with E-state index in [9.17, 15) is 19.3 Å². The number of nitro groups is 1. The van der Waals surface area contributed by atoms with E-state index in [2.05, 4.69) is 0 Å². The van der Waals surface area contributed by atoms with Gasteiger partial charge in [-0.3, -0.25) is 10.1 Å². The van der Waals surface area contributed by atoms with Gasteiger partial charge in [-0.25, -0.2) is 4.79 Å². The molecule has 0 fully saturated rings. The molecule has 5 nitrogen and oxygen atoms in total. The molecule has 1 N–H and O–H groups in total. The maximum Gasteiger partial charge on any atom is 0.364 e. The third-order valence-corrected chi connectivity index (χ3v) is 1.58. The Labute approximate surface area is 83.6 Å². The Bertz CT molecular complexity index is 441. The molecule has 0 bridgehead atoms. The fourth-order valence-electron chi connectivity index (χ4n) is 0.936. The summed E-state index contributed by atoms with van der Waals surface area (Å²) in [6, 6.07) is 5.03. The van der Waals surface area contributed by atoms with Gasteiger partial charge in [0.15, 0.2) is 0 Å². The first-order valence-electron chi connectivity index (χ1n) is 3.85. The molecule has 1 rings (SSSR count). The molecule has 0 amide bonds. The molecule has 0 heterocycles. The zero-order valence-electron chi connectivity index (χ0n) is 7.38. The quantitative estimate of drug-likeness (QED) is 0.471. The highest BCUT2D eigenvalue weighted by molar-refractivity contribution is 5.89. The molecule has 78 valence electrons. The van der Waals surface area contributed by atoms with E-state index in [4.69, 9.17) is 5.11 Å². The standard InChI is InChI=1S/C9H6FNO4/c10-8(9(12)13)5-6-2-1-3-7(4-6)11(14)15/h1-5H,(H,12,13)/b8-5-. The largest absolute Gasteiger partial charge is 0.476 e. The normalized spacial score (nSPS) is 11.1. The van der Waals surface area contributed by atoms with Crippen molar-refractivity contribution in [3.8, 4) is 0 Å². The second-order valence-corrected chi connectivity index (χ2v) is 2.65. The van der Waals surface area contributed by atoms with Crippen molar-refractivity contribution in [1.82, 2.24) is 0 Å². The van der Waals surface area contributed by atoms with Crippen LogP contribution in [0.3, 0.4) is 0 Å². The van der Waals surface area contributed by atoms with Crippen LogP contribution in [-0.2, 0) is 4.79 Å². The SMILES string of the molecule is O=C(O)/C(F)=C/c1cccc([N+](=O)[O-])c1. The summed E-state index contributed by atoms with van der Waals surface area (Å²) in [6.07, 6.45) is 0.718. The van der Waals surface area contributed by atoms with Gasteiger partial charge in [-0.05, 0) is 11.6 Å². The summed E-state index contributed by atoms with van der Waals surface area (Å²) in [7, 11) is 0. The molecule has 0 unspecified atom stereocenters. The molecule has 1 aromatic rings. The molecule has 15 heavy (non-hydrogen) atoms. The number of non-ortho nitro benzene ring substituents is 1. The molecule has 0 aliphatic carbocycles. The van der Waals surface area contributed by atoms with E-state index in [0.717, 1.165) is 12.1 Å². The number of hydrogen-bond donors (Lipinski definition) is 1. The van der Waals surface area contributed by atoms with Crippen molar-refractivity contribution in [2.75, 3.05) is 0 Å². The minimum atomic E-state index is -1.71. The van der Waals surface area contributed by atoms with Gasteiger partial charge in [0.1, 0.15) is 0 Å². The average molecular weight is 211 g/mol. The zero-order chi connectivity index (χ0) is 11.4. The Kier molecular flexibility index (Phi) is 3.12. The first-order chi connectivity index (χ1) is 7.00. The molecule has 0 radical (unpaired) electrons. The third kappa shape index (κ3) is 2.87. The number of nitrogens with zero attached hydrogens (tertiary/aromatic N) is 1. The smallest absolute Gasteiger partial charge is 0.364 e. The molecule has 0 atom stereocenters. The first kappa shape index (κ1) is 10.8. The number of aliphatic carboxylic acids is 1. The Morgan fingerprint density at radius 1 is 1.53 bits per heavy atom. The number of halogens is 1. The van der Waals surface area contributed by atoms with Crippen LogP contribution in [0.1, 0.15) is 5.56 Å². The molecule has 1 aromatic carbocycles. The number of carbonyl (C=O) groups is 1. The summed E-state index contributed by atoms with van der Waals surface area (Å²) in [6.45, 7) is 0. The van der Waals surface area contributed by atoms with Crippen molar-refractivity contribution >= 4 is 17.7 Å². The Balaban J connectivity index is 3.06. The van der Waals surface area contributed by atoms with Crippen molar-refractivity contribution in [2.24, 2.45) is 0 Å². The number of nitro benzene ring substituents is 1. The average Bonchev–Trinajstić information content (AvgIpc) is 2.18. The van der Waals surface area contributed by atoms with Gasteiger partial charge in [0.05, 0.1) is 4.92 Å². The lowest BCUT2D eigenvalue weighted by Crippen LogP contribution is -1.94. The van der Waals surface area contributed by atoms with Crippen molar-refractivity contribution in [3.63, 3.8) is 0 Å². The number of benzene rings is 1. The van der Waals surface area contributed by atoms with Gasteiger partial charge in [0, 0.05) is 12.1 Å². The summed E-state index contributed by atoms with van der Waals surface area (Å²) in [5.41, 5.74) is -0.0916. The van der Waals surface area contributed by atoms with Crippen LogP contribution in [0.25, 0.3) is 6.08 Å². The van der Waals surface area contributed by atoms with Gasteiger partial charge in [-0.15, -0.1) is 0 Å².